The second-order valence-electron chi connectivity index (χ2n) is 3.71. The first kappa shape index (κ1) is 15.9. The second-order valence-corrected chi connectivity index (χ2v) is 3.71. The minimum atomic E-state index is -0.668. The Labute approximate surface area is 103 Å². The third kappa shape index (κ3) is 8.79. The van der Waals surface area contributed by atoms with Gasteiger partial charge in [0.1, 0.15) is 0 Å². The van der Waals surface area contributed by atoms with E-state index in [2.05, 4.69) is 13.8 Å². The standard InChI is InChI=1S/C10H20O2.Na.H/c1-4-5-8(2)6-7-9(3)10(11)12;;/h8-9H,4-7H2,1-3H3,(H,11,12);;. The summed E-state index contributed by atoms with van der Waals surface area (Å²) in [5.41, 5.74) is 0. The Morgan fingerprint density at radius 1 is 1.23 bits per heavy atom. The molecule has 0 bridgehead atoms. The van der Waals surface area contributed by atoms with E-state index in [0.29, 0.717) is 5.92 Å². The summed E-state index contributed by atoms with van der Waals surface area (Å²) < 4.78 is 0. The van der Waals surface area contributed by atoms with E-state index in [1.165, 1.54) is 12.8 Å². The SMILES string of the molecule is CCCC(C)CCC(C)C(=O)O.[NaH]. The van der Waals surface area contributed by atoms with Crippen LogP contribution < -0.4 is 0 Å². The van der Waals surface area contributed by atoms with Gasteiger partial charge in [-0.1, -0.05) is 33.6 Å². The third-order valence-electron chi connectivity index (χ3n) is 2.30. The van der Waals surface area contributed by atoms with Crippen molar-refractivity contribution < 1.29 is 9.90 Å². The molecule has 0 aliphatic heterocycles. The number of carbonyl (C=O) groups is 1. The minimum absolute atomic E-state index is 0. The Bertz CT molecular complexity index is 137. The van der Waals surface area contributed by atoms with Gasteiger partial charge >= 0.3 is 35.5 Å². The quantitative estimate of drug-likeness (QED) is 0.662. The van der Waals surface area contributed by atoms with Crippen LogP contribution in [0.2, 0.25) is 0 Å². The molecule has 0 heterocycles. The van der Waals surface area contributed by atoms with Crippen molar-refractivity contribution in [3.63, 3.8) is 0 Å². The van der Waals surface area contributed by atoms with Crippen LogP contribution in [0.4, 0.5) is 0 Å². The van der Waals surface area contributed by atoms with E-state index < -0.39 is 5.97 Å². The first-order valence-corrected chi connectivity index (χ1v) is 4.80. The molecule has 0 aliphatic rings. The van der Waals surface area contributed by atoms with Crippen molar-refractivity contribution >= 4 is 35.5 Å². The Morgan fingerprint density at radius 2 is 1.77 bits per heavy atom. The van der Waals surface area contributed by atoms with Crippen LogP contribution >= 0.6 is 0 Å². The Hall–Kier alpha value is 0.470. The molecular weight excluding hydrogens is 175 g/mol. The van der Waals surface area contributed by atoms with Gasteiger partial charge in [0.25, 0.3) is 0 Å². The van der Waals surface area contributed by atoms with Crippen LogP contribution in [0.5, 0.6) is 0 Å². The van der Waals surface area contributed by atoms with Gasteiger partial charge in [-0.2, -0.15) is 0 Å². The molecule has 13 heavy (non-hydrogen) atoms. The summed E-state index contributed by atoms with van der Waals surface area (Å²) in [5, 5.41) is 8.62. The fraction of sp³-hybridized carbons (Fsp3) is 0.900. The fourth-order valence-electron chi connectivity index (χ4n) is 1.30. The van der Waals surface area contributed by atoms with Crippen molar-refractivity contribution in [1.82, 2.24) is 0 Å². The van der Waals surface area contributed by atoms with Gasteiger partial charge in [0.2, 0.25) is 0 Å². The fourth-order valence-corrected chi connectivity index (χ4v) is 1.30. The summed E-state index contributed by atoms with van der Waals surface area (Å²) in [7, 11) is 0. The van der Waals surface area contributed by atoms with E-state index in [1.807, 2.05) is 0 Å². The van der Waals surface area contributed by atoms with Crippen LogP contribution in [-0.4, -0.2) is 40.6 Å². The topological polar surface area (TPSA) is 37.3 Å². The maximum absolute atomic E-state index is 10.5. The molecule has 74 valence electrons. The van der Waals surface area contributed by atoms with Gasteiger partial charge in [-0.3, -0.25) is 4.79 Å². The molecule has 0 rings (SSSR count). The molecule has 0 saturated carbocycles. The van der Waals surface area contributed by atoms with Gasteiger partial charge in [-0.25, -0.2) is 0 Å². The van der Waals surface area contributed by atoms with Crippen molar-refractivity contribution in [2.45, 2.75) is 46.5 Å². The summed E-state index contributed by atoms with van der Waals surface area (Å²) in [6, 6.07) is 0. The first-order chi connectivity index (χ1) is 5.57. The van der Waals surface area contributed by atoms with Crippen LogP contribution in [-0.2, 0) is 4.79 Å². The van der Waals surface area contributed by atoms with Crippen molar-refractivity contribution in [3.8, 4) is 0 Å². The number of hydrogen-bond acceptors (Lipinski definition) is 1. The van der Waals surface area contributed by atoms with E-state index >= 15 is 0 Å². The molecular formula is C10H21NaO2. The van der Waals surface area contributed by atoms with Crippen LogP contribution in [0.3, 0.4) is 0 Å². The number of hydrogen-bond donors (Lipinski definition) is 1. The molecule has 2 atom stereocenters. The Balaban J connectivity index is 0. The predicted octanol–water partition coefficient (Wildman–Crippen LogP) is 2.27. The van der Waals surface area contributed by atoms with Gasteiger partial charge in [-0.05, 0) is 18.8 Å². The number of carboxylic acid groups (broad SMARTS) is 1. The van der Waals surface area contributed by atoms with Gasteiger partial charge in [0.05, 0.1) is 5.92 Å². The molecule has 0 aromatic rings. The van der Waals surface area contributed by atoms with Gasteiger partial charge in [-0.15, -0.1) is 0 Å². The zero-order valence-electron chi connectivity index (χ0n) is 8.34. The number of carboxylic acids is 1. The molecule has 0 aromatic heterocycles. The van der Waals surface area contributed by atoms with Crippen molar-refractivity contribution in [2.75, 3.05) is 0 Å². The van der Waals surface area contributed by atoms with Gasteiger partial charge < -0.3 is 5.11 Å². The molecule has 0 radical (unpaired) electrons. The van der Waals surface area contributed by atoms with E-state index in [9.17, 15) is 4.79 Å². The molecule has 1 N–H and O–H groups in total. The zero-order chi connectivity index (χ0) is 9.56. The molecule has 0 fully saturated rings. The maximum atomic E-state index is 10.5. The average molecular weight is 196 g/mol. The average Bonchev–Trinajstić information content (AvgIpc) is 2.00. The summed E-state index contributed by atoms with van der Waals surface area (Å²) >= 11 is 0. The van der Waals surface area contributed by atoms with Crippen LogP contribution in [0, 0.1) is 11.8 Å². The Kier molecular flexibility index (Phi) is 11.1. The molecule has 0 aromatic carbocycles. The molecule has 0 spiro atoms. The molecule has 0 saturated heterocycles. The first-order valence-electron chi connectivity index (χ1n) is 4.80. The van der Waals surface area contributed by atoms with Crippen molar-refractivity contribution in [3.05, 3.63) is 0 Å². The van der Waals surface area contributed by atoms with Crippen LogP contribution in [0.15, 0.2) is 0 Å². The molecule has 2 nitrogen and oxygen atoms in total. The van der Waals surface area contributed by atoms with Crippen LogP contribution in [0.25, 0.3) is 0 Å². The van der Waals surface area contributed by atoms with E-state index in [1.54, 1.807) is 6.92 Å². The van der Waals surface area contributed by atoms with Gasteiger partial charge in [0.15, 0.2) is 0 Å². The van der Waals surface area contributed by atoms with Crippen molar-refractivity contribution in [1.29, 1.82) is 0 Å². The zero-order valence-corrected chi connectivity index (χ0v) is 8.34. The Morgan fingerprint density at radius 3 is 2.15 bits per heavy atom. The summed E-state index contributed by atoms with van der Waals surface area (Å²) in [6.45, 7) is 6.14. The van der Waals surface area contributed by atoms with Crippen molar-refractivity contribution in [2.24, 2.45) is 11.8 Å². The molecule has 0 aliphatic carbocycles. The molecule has 0 amide bonds. The van der Waals surface area contributed by atoms with E-state index in [-0.39, 0.29) is 35.5 Å². The van der Waals surface area contributed by atoms with E-state index in [4.69, 9.17) is 5.11 Å². The van der Waals surface area contributed by atoms with Crippen LogP contribution in [0.1, 0.15) is 46.5 Å². The van der Waals surface area contributed by atoms with Gasteiger partial charge in [0, 0.05) is 0 Å². The number of aliphatic carboxylic acids is 1. The third-order valence-corrected chi connectivity index (χ3v) is 2.30. The molecule has 2 unspecified atom stereocenters. The normalized spacial score (nSPS) is 14.4. The summed E-state index contributed by atoms with van der Waals surface area (Å²) in [6.07, 6.45) is 4.27. The predicted molar refractivity (Wildman–Crippen MR) is 57.3 cm³/mol. The summed E-state index contributed by atoms with van der Waals surface area (Å²) in [5.74, 6) is -0.167. The summed E-state index contributed by atoms with van der Waals surface area (Å²) in [4.78, 5) is 10.5. The second kappa shape index (κ2) is 9.04. The van der Waals surface area contributed by atoms with E-state index in [0.717, 1.165) is 12.8 Å². The molecule has 3 heteroatoms. The number of rotatable bonds is 6. The monoisotopic (exact) mass is 196 g/mol.